The van der Waals surface area contributed by atoms with E-state index in [4.69, 9.17) is 5.26 Å². The van der Waals surface area contributed by atoms with Crippen LogP contribution in [0.3, 0.4) is 0 Å². The molecule has 2 aliphatic rings. The van der Waals surface area contributed by atoms with E-state index in [1.54, 1.807) is 0 Å². The summed E-state index contributed by atoms with van der Waals surface area (Å²) in [5.41, 5.74) is -0.677. The van der Waals surface area contributed by atoms with E-state index in [0.29, 0.717) is 5.92 Å². The first-order chi connectivity index (χ1) is 7.18. The van der Waals surface area contributed by atoms with Crippen LogP contribution in [0.15, 0.2) is 0 Å². The first-order valence-corrected chi connectivity index (χ1v) is 5.87. The number of hydrogen-bond acceptors (Lipinski definition) is 2. The Morgan fingerprint density at radius 2 is 2.27 bits per heavy atom. The Bertz CT molecular complexity index is 297. The van der Waals surface area contributed by atoms with Crippen molar-refractivity contribution in [3.8, 4) is 6.07 Å². The highest BCUT2D eigenvalue weighted by Gasteiger charge is 2.44. The fourth-order valence-electron chi connectivity index (χ4n) is 2.17. The zero-order valence-electron chi connectivity index (χ0n) is 9.25. The Morgan fingerprint density at radius 3 is 2.67 bits per heavy atom. The van der Waals surface area contributed by atoms with Gasteiger partial charge in [0.1, 0.15) is 5.41 Å². The maximum absolute atomic E-state index is 11.8. The van der Waals surface area contributed by atoms with Crippen LogP contribution in [0.1, 0.15) is 39.0 Å². The van der Waals surface area contributed by atoms with Crippen molar-refractivity contribution in [2.75, 3.05) is 6.54 Å². The van der Waals surface area contributed by atoms with Gasteiger partial charge in [0.25, 0.3) is 0 Å². The summed E-state index contributed by atoms with van der Waals surface area (Å²) in [6.07, 6.45) is 5.11. The highest BCUT2D eigenvalue weighted by Crippen LogP contribution is 2.41. The van der Waals surface area contributed by atoms with Crippen LogP contribution in [0.4, 0.5) is 0 Å². The van der Waals surface area contributed by atoms with E-state index in [1.807, 2.05) is 0 Å². The van der Waals surface area contributed by atoms with Crippen molar-refractivity contribution in [3.05, 3.63) is 0 Å². The van der Waals surface area contributed by atoms with Crippen LogP contribution in [0, 0.1) is 28.6 Å². The number of rotatable bonds is 4. The first kappa shape index (κ1) is 10.5. The van der Waals surface area contributed by atoms with Gasteiger partial charge in [-0.25, -0.2) is 0 Å². The van der Waals surface area contributed by atoms with E-state index >= 15 is 0 Å². The molecular weight excluding hydrogens is 188 g/mol. The van der Waals surface area contributed by atoms with Gasteiger partial charge < -0.3 is 5.32 Å². The Morgan fingerprint density at radius 1 is 1.60 bits per heavy atom. The molecule has 2 rings (SSSR count). The number of hydrogen-bond donors (Lipinski definition) is 1. The molecule has 1 amide bonds. The van der Waals surface area contributed by atoms with E-state index in [2.05, 4.69) is 18.3 Å². The zero-order valence-corrected chi connectivity index (χ0v) is 9.25. The minimum atomic E-state index is -0.677. The summed E-state index contributed by atoms with van der Waals surface area (Å²) in [6.45, 7) is 2.92. The molecule has 0 aliphatic heterocycles. The van der Waals surface area contributed by atoms with Crippen LogP contribution in [-0.4, -0.2) is 12.5 Å². The second kappa shape index (κ2) is 3.84. The molecule has 0 saturated heterocycles. The quantitative estimate of drug-likeness (QED) is 0.763. The number of carbonyl (C=O) groups is 1. The molecule has 15 heavy (non-hydrogen) atoms. The van der Waals surface area contributed by atoms with Gasteiger partial charge in [-0.2, -0.15) is 5.26 Å². The minimum Gasteiger partial charge on any atom is -0.354 e. The smallest absolute Gasteiger partial charge is 0.240 e. The monoisotopic (exact) mass is 206 g/mol. The summed E-state index contributed by atoms with van der Waals surface area (Å²) in [5.74, 6) is 1.35. The third kappa shape index (κ3) is 1.99. The summed E-state index contributed by atoms with van der Waals surface area (Å²) in [7, 11) is 0. The largest absolute Gasteiger partial charge is 0.354 e. The van der Waals surface area contributed by atoms with E-state index in [1.165, 1.54) is 12.8 Å². The van der Waals surface area contributed by atoms with Gasteiger partial charge in [-0.15, -0.1) is 0 Å². The van der Waals surface area contributed by atoms with E-state index < -0.39 is 5.41 Å². The van der Waals surface area contributed by atoms with Crippen molar-refractivity contribution in [3.63, 3.8) is 0 Å². The van der Waals surface area contributed by atoms with Crippen LogP contribution in [-0.2, 0) is 4.79 Å². The molecule has 0 radical (unpaired) electrons. The molecule has 0 heterocycles. The maximum Gasteiger partial charge on any atom is 0.240 e. The average Bonchev–Trinajstić information content (AvgIpc) is 2.96. The molecule has 2 aliphatic carbocycles. The lowest BCUT2D eigenvalue weighted by Gasteiger charge is -2.33. The molecule has 3 nitrogen and oxygen atoms in total. The lowest BCUT2D eigenvalue weighted by molar-refractivity contribution is -0.131. The summed E-state index contributed by atoms with van der Waals surface area (Å²) >= 11 is 0. The maximum atomic E-state index is 11.8. The second-order valence-corrected chi connectivity index (χ2v) is 5.07. The van der Waals surface area contributed by atoms with Crippen molar-refractivity contribution >= 4 is 5.91 Å². The minimum absolute atomic E-state index is 0.0382. The summed E-state index contributed by atoms with van der Waals surface area (Å²) < 4.78 is 0. The standard InChI is InChI=1S/C12H18N2O/c1-9(10-3-4-10)7-14-11(15)12(8-13)5-2-6-12/h9-10H,2-7H2,1H3,(H,14,15). The number of nitriles is 1. The Labute approximate surface area is 90.8 Å². The van der Waals surface area contributed by atoms with E-state index in [-0.39, 0.29) is 5.91 Å². The molecule has 3 heteroatoms. The number of amides is 1. The molecule has 82 valence electrons. The summed E-state index contributed by atoms with van der Waals surface area (Å²) in [5, 5.41) is 11.9. The lowest BCUT2D eigenvalue weighted by Crippen LogP contribution is -2.45. The topological polar surface area (TPSA) is 52.9 Å². The molecule has 1 atom stereocenters. The van der Waals surface area contributed by atoms with Crippen molar-refractivity contribution in [2.24, 2.45) is 17.3 Å². The van der Waals surface area contributed by atoms with Crippen molar-refractivity contribution in [2.45, 2.75) is 39.0 Å². The Balaban J connectivity index is 1.79. The van der Waals surface area contributed by atoms with Crippen molar-refractivity contribution in [1.82, 2.24) is 5.32 Å². The fraction of sp³-hybridized carbons (Fsp3) is 0.833. The third-order valence-electron chi connectivity index (χ3n) is 3.87. The molecule has 2 fully saturated rings. The predicted molar refractivity (Wildman–Crippen MR) is 56.8 cm³/mol. The van der Waals surface area contributed by atoms with Gasteiger partial charge in [0, 0.05) is 6.54 Å². The van der Waals surface area contributed by atoms with Crippen molar-refractivity contribution < 1.29 is 4.79 Å². The van der Waals surface area contributed by atoms with Crippen LogP contribution in [0.25, 0.3) is 0 Å². The van der Waals surface area contributed by atoms with Gasteiger partial charge in [0.05, 0.1) is 6.07 Å². The first-order valence-electron chi connectivity index (χ1n) is 5.87. The molecule has 0 aromatic carbocycles. The molecule has 0 aromatic heterocycles. The number of nitrogens with zero attached hydrogens (tertiary/aromatic N) is 1. The van der Waals surface area contributed by atoms with Crippen LogP contribution in [0.5, 0.6) is 0 Å². The van der Waals surface area contributed by atoms with Crippen LogP contribution < -0.4 is 5.32 Å². The zero-order chi connectivity index (χ0) is 10.9. The van der Waals surface area contributed by atoms with Gasteiger partial charge in [0.15, 0.2) is 0 Å². The Kier molecular flexibility index (Phi) is 2.68. The van der Waals surface area contributed by atoms with Gasteiger partial charge in [0.2, 0.25) is 5.91 Å². The highest BCUT2D eigenvalue weighted by atomic mass is 16.2. The normalized spacial score (nSPS) is 24.8. The number of nitrogens with one attached hydrogen (secondary N) is 1. The van der Waals surface area contributed by atoms with Gasteiger partial charge in [-0.3, -0.25) is 4.79 Å². The molecule has 0 aromatic rings. The SMILES string of the molecule is CC(CNC(=O)C1(C#N)CCC1)C1CC1. The molecular formula is C12H18N2O. The third-order valence-corrected chi connectivity index (χ3v) is 3.87. The van der Waals surface area contributed by atoms with Crippen molar-refractivity contribution in [1.29, 1.82) is 5.26 Å². The Hall–Kier alpha value is -1.04. The molecule has 1 unspecified atom stereocenters. The van der Waals surface area contributed by atoms with Gasteiger partial charge >= 0.3 is 0 Å². The highest BCUT2D eigenvalue weighted by molar-refractivity contribution is 5.86. The molecule has 2 saturated carbocycles. The summed E-state index contributed by atoms with van der Waals surface area (Å²) in [4.78, 5) is 11.8. The van der Waals surface area contributed by atoms with E-state index in [0.717, 1.165) is 31.7 Å². The average molecular weight is 206 g/mol. The molecule has 0 bridgehead atoms. The number of carbonyl (C=O) groups excluding carboxylic acids is 1. The summed E-state index contributed by atoms with van der Waals surface area (Å²) in [6, 6.07) is 2.17. The second-order valence-electron chi connectivity index (χ2n) is 5.07. The lowest BCUT2D eigenvalue weighted by atomic mass is 9.69. The van der Waals surface area contributed by atoms with E-state index in [9.17, 15) is 4.79 Å². The molecule has 0 spiro atoms. The van der Waals surface area contributed by atoms with Crippen LogP contribution in [0.2, 0.25) is 0 Å². The van der Waals surface area contributed by atoms with Crippen LogP contribution >= 0.6 is 0 Å². The molecule has 1 N–H and O–H groups in total. The predicted octanol–water partition coefficient (Wildman–Crippen LogP) is 1.84. The fourth-order valence-corrected chi connectivity index (χ4v) is 2.17. The van der Waals surface area contributed by atoms with Gasteiger partial charge in [-0.05, 0) is 43.9 Å². The van der Waals surface area contributed by atoms with Gasteiger partial charge in [-0.1, -0.05) is 6.92 Å².